The number of pyridine rings is 1. The zero-order valence-electron chi connectivity index (χ0n) is 11.0. The Morgan fingerprint density at radius 3 is 3.06 bits per heavy atom. The monoisotopic (exact) mass is 250 g/mol. The highest BCUT2D eigenvalue weighted by atomic mass is 16.5. The minimum atomic E-state index is 0.669. The highest BCUT2D eigenvalue weighted by Gasteiger charge is 2.20. The molecule has 0 saturated heterocycles. The van der Waals surface area contributed by atoms with E-state index < -0.39 is 0 Å². The van der Waals surface area contributed by atoms with E-state index in [4.69, 9.17) is 9.47 Å². The Kier molecular flexibility index (Phi) is 5.42. The predicted molar refractivity (Wildman–Crippen MR) is 70.7 cm³/mol. The van der Waals surface area contributed by atoms with E-state index in [9.17, 15) is 0 Å². The first-order valence-electron chi connectivity index (χ1n) is 6.67. The van der Waals surface area contributed by atoms with Crippen LogP contribution in [0.1, 0.15) is 25.0 Å². The second kappa shape index (κ2) is 7.34. The first-order chi connectivity index (χ1) is 8.88. The van der Waals surface area contributed by atoms with Gasteiger partial charge in [-0.15, -0.1) is 0 Å². The Morgan fingerprint density at radius 2 is 2.28 bits per heavy atom. The van der Waals surface area contributed by atoms with Crippen LogP contribution in [0.15, 0.2) is 18.2 Å². The smallest absolute Gasteiger partial charge is 0.213 e. The molecule has 0 amide bonds. The molecule has 4 heteroatoms. The summed E-state index contributed by atoms with van der Waals surface area (Å²) in [6.07, 6.45) is 3.77. The fourth-order valence-corrected chi connectivity index (χ4v) is 1.72. The van der Waals surface area contributed by atoms with Crippen molar-refractivity contribution in [2.75, 3.05) is 26.9 Å². The Balaban J connectivity index is 1.51. The number of nitrogens with zero attached hydrogens (tertiary/aromatic N) is 1. The standard InChI is InChI=1S/C14H22N2O2/c1-17-14-5-2-4-13(16-14)10-15-8-3-9-18-11-12-6-7-12/h2,4-5,12,15H,3,6-11H2,1H3. The maximum absolute atomic E-state index is 5.57. The molecule has 0 atom stereocenters. The van der Waals surface area contributed by atoms with Crippen molar-refractivity contribution in [3.63, 3.8) is 0 Å². The molecular weight excluding hydrogens is 228 g/mol. The molecule has 0 aromatic carbocycles. The van der Waals surface area contributed by atoms with Gasteiger partial charge in [0.1, 0.15) is 0 Å². The molecular formula is C14H22N2O2. The van der Waals surface area contributed by atoms with Gasteiger partial charge in [0, 0.05) is 25.8 Å². The summed E-state index contributed by atoms with van der Waals surface area (Å²) in [5, 5.41) is 3.36. The van der Waals surface area contributed by atoms with Crippen LogP contribution in [0.25, 0.3) is 0 Å². The molecule has 0 unspecified atom stereocenters. The molecule has 4 nitrogen and oxygen atoms in total. The highest BCUT2D eigenvalue weighted by molar-refractivity contribution is 5.15. The van der Waals surface area contributed by atoms with Crippen molar-refractivity contribution < 1.29 is 9.47 Å². The molecule has 18 heavy (non-hydrogen) atoms. The van der Waals surface area contributed by atoms with Gasteiger partial charge in [-0.2, -0.15) is 0 Å². The van der Waals surface area contributed by atoms with E-state index in [1.54, 1.807) is 7.11 Å². The van der Waals surface area contributed by atoms with Crippen molar-refractivity contribution in [1.82, 2.24) is 10.3 Å². The number of hydrogen-bond acceptors (Lipinski definition) is 4. The van der Waals surface area contributed by atoms with E-state index in [-0.39, 0.29) is 0 Å². The van der Waals surface area contributed by atoms with Crippen molar-refractivity contribution in [1.29, 1.82) is 0 Å². The van der Waals surface area contributed by atoms with Crippen molar-refractivity contribution in [2.24, 2.45) is 5.92 Å². The Bertz CT molecular complexity index is 353. The highest BCUT2D eigenvalue weighted by Crippen LogP contribution is 2.28. The van der Waals surface area contributed by atoms with Crippen LogP contribution in [0.4, 0.5) is 0 Å². The molecule has 1 aromatic rings. The molecule has 1 fully saturated rings. The summed E-state index contributed by atoms with van der Waals surface area (Å²) in [4.78, 5) is 4.34. The summed E-state index contributed by atoms with van der Waals surface area (Å²) in [6.45, 7) is 3.55. The van der Waals surface area contributed by atoms with Crippen molar-refractivity contribution in [2.45, 2.75) is 25.8 Å². The molecule has 100 valence electrons. The number of hydrogen-bond donors (Lipinski definition) is 1. The van der Waals surface area contributed by atoms with Crippen LogP contribution in [0.3, 0.4) is 0 Å². The Labute approximate surface area is 109 Å². The van der Waals surface area contributed by atoms with Crippen LogP contribution in [0, 0.1) is 5.92 Å². The SMILES string of the molecule is COc1cccc(CNCCCOCC2CC2)n1. The Morgan fingerprint density at radius 1 is 1.39 bits per heavy atom. The third-order valence-corrected chi connectivity index (χ3v) is 2.99. The lowest BCUT2D eigenvalue weighted by atomic mass is 10.3. The lowest BCUT2D eigenvalue weighted by Crippen LogP contribution is -2.17. The topological polar surface area (TPSA) is 43.4 Å². The van der Waals surface area contributed by atoms with E-state index in [1.807, 2.05) is 18.2 Å². The summed E-state index contributed by atoms with van der Waals surface area (Å²) >= 11 is 0. The molecule has 0 radical (unpaired) electrons. The number of rotatable bonds is 9. The zero-order chi connectivity index (χ0) is 12.6. The van der Waals surface area contributed by atoms with Crippen LogP contribution in [-0.4, -0.2) is 31.9 Å². The zero-order valence-corrected chi connectivity index (χ0v) is 11.0. The van der Waals surface area contributed by atoms with Gasteiger partial charge in [0.25, 0.3) is 0 Å². The minimum absolute atomic E-state index is 0.669. The van der Waals surface area contributed by atoms with E-state index in [1.165, 1.54) is 12.8 Å². The molecule has 0 bridgehead atoms. The van der Waals surface area contributed by atoms with Gasteiger partial charge >= 0.3 is 0 Å². The fourth-order valence-electron chi connectivity index (χ4n) is 1.72. The van der Waals surface area contributed by atoms with Crippen molar-refractivity contribution in [3.05, 3.63) is 23.9 Å². The number of methoxy groups -OCH3 is 1. The number of ether oxygens (including phenoxy) is 2. The van der Waals surface area contributed by atoms with Gasteiger partial charge in [0.15, 0.2) is 0 Å². The maximum atomic E-state index is 5.57. The maximum Gasteiger partial charge on any atom is 0.213 e. The normalized spacial score (nSPS) is 14.7. The van der Waals surface area contributed by atoms with E-state index in [0.717, 1.165) is 44.3 Å². The lowest BCUT2D eigenvalue weighted by Gasteiger charge is -2.06. The Hall–Kier alpha value is -1.13. The van der Waals surface area contributed by atoms with E-state index in [0.29, 0.717) is 5.88 Å². The second-order valence-corrected chi connectivity index (χ2v) is 4.72. The quantitative estimate of drug-likeness (QED) is 0.681. The number of nitrogens with one attached hydrogen (secondary N) is 1. The van der Waals surface area contributed by atoms with Gasteiger partial charge < -0.3 is 14.8 Å². The van der Waals surface area contributed by atoms with Gasteiger partial charge in [-0.3, -0.25) is 0 Å². The van der Waals surface area contributed by atoms with Gasteiger partial charge in [0.05, 0.1) is 12.8 Å². The fraction of sp³-hybridized carbons (Fsp3) is 0.643. The molecule has 1 aliphatic rings. The molecule has 0 aliphatic heterocycles. The average molecular weight is 250 g/mol. The molecule has 1 heterocycles. The molecule has 0 spiro atoms. The number of aromatic nitrogens is 1. The third-order valence-electron chi connectivity index (χ3n) is 2.99. The molecule has 1 aliphatic carbocycles. The summed E-state index contributed by atoms with van der Waals surface area (Å²) in [5.41, 5.74) is 1.01. The molecule has 1 aromatic heterocycles. The first-order valence-corrected chi connectivity index (χ1v) is 6.67. The summed E-state index contributed by atoms with van der Waals surface area (Å²) in [5.74, 6) is 1.53. The van der Waals surface area contributed by atoms with Crippen LogP contribution in [0.5, 0.6) is 5.88 Å². The van der Waals surface area contributed by atoms with Gasteiger partial charge in [-0.05, 0) is 37.8 Å². The van der Waals surface area contributed by atoms with Crippen LogP contribution in [-0.2, 0) is 11.3 Å². The molecule has 1 saturated carbocycles. The minimum Gasteiger partial charge on any atom is -0.481 e. The summed E-state index contributed by atoms with van der Waals surface area (Å²) in [7, 11) is 1.64. The summed E-state index contributed by atoms with van der Waals surface area (Å²) in [6, 6.07) is 5.82. The van der Waals surface area contributed by atoms with E-state index in [2.05, 4.69) is 10.3 Å². The van der Waals surface area contributed by atoms with Gasteiger partial charge in [-0.25, -0.2) is 4.98 Å². The predicted octanol–water partition coefficient (Wildman–Crippen LogP) is 2.00. The molecule has 1 N–H and O–H groups in total. The van der Waals surface area contributed by atoms with E-state index >= 15 is 0 Å². The largest absolute Gasteiger partial charge is 0.481 e. The second-order valence-electron chi connectivity index (χ2n) is 4.72. The van der Waals surface area contributed by atoms with Gasteiger partial charge in [-0.1, -0.05) is 6.07 Å². The lowest BCUT2D eigenvalue weighted by molar-refractivity contribution is 0.122. The van der Waals surface area contributed by atoms with Crippen LogP contribution in [0.2, 0.25) is 0 Å². The summed E-state index contributed by atoms with van der Waals surface area (Å²) < 4.78 is 10.7. The van der Waals surface area contributed by atoms with Crippen molar-refractivity contribution in [3.8, 4) is 5.88 Å². The third kappa shape index (κ3) is 5.02. The average Bonchev–Trinajstić information content (AvgIpc) is 3.22. The van der Waals surface area contributed by atoms with Crippen molar-refractivity contribution >= 4 is 0 Å². The first kappa shape index (κ1) is 13.3. The molecule has 2 rings (SSSR count). The van der Waals surface area contributed by atoms with Crippen LogP contribution >= 0.6 is 0 Å². The van der Waals surface area contributed by atoms with Crippen LogP contribution < -0.4 is 10.1 Å². The van der Waals surface area contributed by atoms with Gasteiger partial charge in [0.2, 0.25) is 5.88 Å².